The van der Waals surface area contributed by atoms with Crippen molar-refractivity contribution in [1.82, 2.24) is 0 Å². The molecular weight excluding hydrogens is 277 g/mol. The zero-order chi connectivity index (χ0) is 13.6. The van der Waals surface area contributed by atoms with E-state index in [2.05, 4.69) is 33.8 Å². The molecule has 0 nitrogen and oxygen atoms in total. The van der Waals surface area contributed by atoms with Crippen LogP contribution in [-0.2, 0) is 0 Å². The Kier molecular flexibility index (Phi) is 13.9. The van der Waals surface area contributed by atoms with Crippen LogP contribution in [0.4, 0.5) is 0 Å². The molecule has 1 radical (unpaired) electrons. The second kappa shape index (κ2) is 13.7. The maximum absolute atomic E-state index is 2.49. The van der Waals surface area contributed by atoms with Crippen molar-refractivity contribution < 1.29 is 0 Å². The Morgan fingerprint density at radius 2 is 1.28 bits per heavy atom. The normalized spacial score (nSPS) is 12.4. The molecule has 0 aromatic heterocycles. The van der Waals surface area contributed by atoms with Crippen molar-refractivity contribution >= 4 is 14.3 Å². The fourth-order valence-corrected chi connectivity index (χ4v) is 9.20. The second-order valence-electron chi connectivity index (χ2n) is 5.44. The molecule has 0 heterocycles. The zero-order valence-electron chi connectivity index (χ0n) is 13.4. The van der Waals surface area contributed by atoms with Gasteiger partial charge in [-0.2, -0.15) is 0 Å². The molecule has 0 saturated heterocycles. The summed E-state index contributed by atoms with van der Waals surface area (Å²) in [5.74, 6) is 0. The molecule has 0 bridgehead atoms. The van der Waals surface area contributed by atoms with Crippen molar-refractivity contribution in [3.63, 3.8) is 0 Å². The van der Waals surface area contributed by atoms with Gasteiger partial charge in [0.15, 0.2) is 0 Å². The van der Waals surface area contributed by atoms with Crippen molar-refractivity contribution in [1.29, 1.82) is 0 Å². The van der Waals surface area contributed by atoms with Crippen molar-refractivity contribution in [3.8, 4) is 0 Å². The van der Waals surface area contributed by atoms with E-state index in [1.165, 1.54) is 57.8 Å². The molecule has 0 saturated carbocycles. The molecule has 0 aliphatic carbocycles. The van der Waals surface area contributed by atoms with Crippen molar-refractivity contribution in [3.05, 3.63) is 10.5 Å². The van der Waals surface area contributed by atoms with Gasteiger partial charge in [-0.1, -0.05) is 0 Å². The van der Waals surface area contributed by atoms with Gasteiger partial charge in [-0.3, -0.25) is 0 Å². The van der Waals surface area contributed by atoms with Crippen LogP contribution in [-0.4, -0.2) is 14.3 Å². The molecule has 0 atom stereocenters. The fraction of sp³-hybridized carbons (Fsp3) is 0.882. The third-order valence-corrected chi connectivity index (χ3v) is 10.8. The van der Waals surface area contributed by atoms with Crippen LogP contribution < -0.4 is 0 Å². The second-order valence-corrected chi connectivity index (χ2v) is 11.4. The Morgan fingerprint density at radius 3 is 1.67 bits per heavy atom. The van der Waals surface area contributed by atoms with Crippen LogP contribution in [0.2, 0.25) is 10.5 Å². The van der Waals surface area contributed by atoms with Crippen molar-refractivity contribution in [2.24, 2.45) is 0 Å². The first-order valence-electron chi connectivity index (χ1n) is 8.30. The summed E-state index contributed by atoms with van der Waals surface area (Å²) in [5.41, 5.74) is 0. The van der Waals surface area contributed by atoms with Crippen LogP contribution in [0, 0.1) is 0 Å². The summed E-state index contributed by atoms with van der Waals surface area (Å²) in [4.78, 5) is 0. The first kappa shape index (κ1) is 18.3. The third kappa shape index (κ3) is 9.24. The Labute approximate surface area is 121 Å². The van der Waals surface area contributed by atoms with Gasteiger partial charge in [0.25, 0.3) is 0 Å². The van der Waals surface area contributed by atoms with Crippen LogP contribution in [0.1, 0.15) is 85.5 Å². The summed E-state index contributed by atoms with van der Waals surface area (Å²) in [5, 5.41) is 3.20. The molecule has 0 spiro atoms. The molecule has 18 heavy (non-hydrogen) atoms. The Morgan fingerprint density at radius 1 is 0.778 bits per heavy atom. The monoisotopic (exact) mass is 313 g/mol. The Hall–Kier alpha value is 0.283. The standard InChI is InChI=1S/C17H35Ge/c1-5-9-12-15-18(16-13-10-6-2)17(8-4)14-11-7-3/h8H,5-7,9-16H2,1-4H3. The first-order valence-corrected chi connectivity index (χ1v) is 12.3. The SMILES string of the molecule is CC=[C](CCCC)[Ge]([CH2]CCCC)[CH2]CCCC. The van der Waals surface area contributed by atoms with Crippen LogP contribution in [0.5, 0.6) is 0 Å². The summed E-state index contributed by atoms with van der Waals surface area (Å²) < 4.78 is 1.92. The van der Waals surface area contributed by atoms with Crippen LogP contribution in [0.25, 0.3) is 0 Å². The van der Waals surface area contributed by atoms with E-state index < -0.39 is 14.3 Å². The minimum absolute atomic E-state index is 0.877. The molecule has 0 aliphatic heterocycles. The summed E-state index contributed by atoms with van der Waals surface area (Å²) >= 11 is -0.877. The predicted molar refractivity (Wildman–Crippen MR) is 87.7 cm³/mol. The maximum atomic E-state index is 2.49. The summed E-state index contributed by atoms with van der Waals surface area (Å²) in [6, 6.07) is 0. The topological polar surface area (TPSA) is 0 Å². The van der Waals surface area contributed by atoms with Crippen LogP contribution >= 0.6 is 0 Å². The molecule has 0 amide bonds. The average molecular weight is 312 g/mol. The molecule has 0 unspecified atom stereocenters. The van der Waals surface area contributed by atoms with Crippen LogP contribution in [0.3, 0.4) is 0 Å². The number of unbranched alkanes of at least 4 members (excludes halogenated alkanes) is 5. The van der Waals surface area contributed by atoms with Crippen molar-refractivity contribution in [2.75, 3.05) is 0 Å². The van der Waals surface area contributed by atoms with E-state index in [4.69, 9.17) is 0 Å². The molecule has 0 fully saturated rings. The van der Waals surface area contributed by atoms with Gasteiger partial charge in [0.05, 0.1) is 0 Å². The van der Waals surface area contributed by atoms with Gasteiger partial charge in [0.1, 0.15) is 0 Å². The number of hydrogen-bond acceptors (Lipinski definition) is 0. The van der Waals surface area contributed by atoms with E-state index in [0.29, 0.717) is 0 Å². The average Bonchev–Trinajstić information content (AvgIpc) is 2.39. The van der Waals surface area contributed by atoms with E-state index >= 15 is 0 Å². The van der Waals surface area contributed by atoms with Gasteiger partial charge in [0, 0.05) is 0 Å². The van der Waals surface area contributed by atoms with Gasteiger partial charge < -0.3 is 0 Å². The fourth-order valence-electron chi connectivity index (χ4n) is 2.52. The minimum atomic E-state index is -0.877. The zero-order valence-corrected chi connectivity index (χ0v) is 15.5. The van der Waals surface area contributed by atoms with Gasteiger partial charge in [-0.05, 0) is 0 Å². The summed E-state index contributed by atoms with van der Waals surface area (Å²) in [6.45, 7) is 9.26. The number of rotatable bonds is 12. The summed E-state index contributed by atoms with van der Waals surface area (Å²) in [6.07, 6.45) is 15.3. The Bertz CT molecular complexity index is 186. The first-order chi connectivity index (χ1) is 8.79. The Balaban J connectivity index is 4.21. The molecule has 0 aromatic rings. The van der Waals surface area contributed by atoms with Gasteiger partial charge in [-0.15, -0.1) is 0 Å². The van der Waals surface area contributed by atoms with E-state index in [1.54, 1.807) is 10.5 Å². The predicted octanol–water partition coefficient (Wildman–Crippen LogP) is 6.54. The molecule has 0 N–H and O–H groups in total. The molecule has 0 rings (SSSR count). The molecule has 0 aromatic carbocycles. The van der Waals surface area contributed by atoms with Crippen molar-refractivity contribution in [2.45, 2.75) is 96.0 Å². The molecule has 0 aliphatic rings. The van der Waals surface area contributed by atoms with Gasteiger partial charge >= 0.3 is 121 Å². The van der Waals surface area contributed by atoms with Gasteiger partial charge in [0.2, 0.25) is 0 Å². The van der Waals surface area contributed by atoms with Crippen LogP contribution in [0.15, 0.2) is 10.5 Å². The van der Waals surface area contributed by atoms with E-state index in [0.717, 1.165) is 0 Å². The molecular formula is C17H35Ge. The molecule has 107 valence electrons. The van der Waals surface area contributed by atoms with E-state index in [1.807, 2.05) is 4.41 Å². The number of hydrogen-bond donors (Lipinski definition) is 0. The molecule has 1 heteroatoms. The van der Waals surface area contributed by atoms with E-state index in [9.17, 15) is 0 Å². The third-order valence-electron chi connectivity index (χ3n) is 3.77. The summed E-state index contributed by atoms with van der Waals surface area (Å²) in [7, 11) is 0. The van der Waals surface area contributed by atoms with Gasteiger partial charge in [-0.25, -0.2) is 0 Å². The van der Waals surface area contributed by atoms with E-state index in [-0.39, 0.29) is 0 Å². The number of allylic oxidation sites excluding steroid dienone is 2. The quantitative estimate of drug-likeness (QED) is 0.283.